The molecule has 0 aromatic carbocycles. The van der Waals surface area contributed by atoms with Gasteiger partial charge in [-0.1, -0.05) is 13.3 Å². The molecule has 1 nitrogen and oxygen atoms in total. The lowest BCUT2D eigenvalue weighted by atomic mass is 9.97. The summed E-state index contributed by atoms with van der Waals surface area (Å²) in [6, 6.07) is 2.12. The minimum absolute atomic E-state index is 0.717. The first-order valence-electron chi connectivity index (χ1n) is 5.49. The highest BCUT2D eigenvalue weighted by molar-refractivity contribution is 7.08. The maximum Gasteiger partial charge on any atom is 0.0777 e. The van der Waals surface area contributed by atoms with Gasteiger partial charge in [-0.25, -0.2) is 0 Å². The summed E-state index contributed by atoms with van der Waals surface area (Å²) in [5.41, 5.74) is 1.81. The topological polar surface area (TPSA) is 20.2 Å². The van der Waals surface area contributed by atoms with Crippen LogP contribution in [0.15, 0.2) is 22.9 Å². The standard InChI is InChI=1S/C13H20OS/c1-4-5-6-11(9-13(2,3)14)12-7-8-15-10-12/h7-10,14H,4-6H2,1-3H3/b11-9+. The van der Waals surface area contributed by atoms with Gasteiger partial charge in [-0.2, -0.15) is 11.3 Å². The molecule has 0 aliphatic carbocycles. The van der Waals surface area contributed by atoms with E-state index in [1.807, 2.05) is 19.9 Å². The number of thiophene rings is 1. The van der Waals surface area contributed by atoms with Crippen molar-refractivity contribution in [3.05, 3.63) is 28.5 Å². The molecule has 0 amide bonds. The van der Waals surface area contributed by atoms with E-state index in [4.69, 9.17) is 0 Å². The number of hydrogen-bond acceptors (Lipinski definition) is 2. The average Bonchev–Trinajstić information content (AvgIpc) is 2.63. The summed E-state index contributed by atoms with van der Waals surface area (Å²) in [5, 5.41) is 14.0. The van der Waals surface area contributed by atoms with Crippen LogP contribution in [0.2, 0.25) is 0 Å². The van der Waals surface area contributed by atoms with Crippen LogP contribution >= 0.6 is 11.3 Å². The molecule has 1 N–H and O–H groups in total. The Morgan fingerprint density at radius 2 is 2.27 bits per heavy atom. The summed E-state index contributed by atoms with van der Waals surface area (Å²) in [6.45, 7) is 5.84. The Morgan fingerprint density at radius 3 is 2.73 bits per heavy atom. The minimum atomic E-state index is -0.717. The highest BCUT2D eigenvalue weighted by Crippen LogP contribution is 2.25. The molecule has 2 heteroatoms. The van der Waals surface area contributed by atoms with E-state index in [1.54, 1.807) is 11.3 Å². The molecule has 1 heterocycles. The Bertz CT molecular complexity index is 304. The van der Waals surface area contributed by atoms with Crippen LogP contribution in [-0.2, 0) is 0 Å². The molecule has 0 aliphatic rings. The van der Waals surface area contributed by atoms with Gasteiger partial charge in [0.15, 0.2) is 0 Å². The van der Waals surface area contributed by atoms with E-state index in [0.29, 0.717) is 0 Å². The second kappa shape index (κ2) is 5.47. The van der Waals surface area contributed by atoms with Gasteiger partial charge >= 0.3 is 0 Å². The summed E-state index contributed by atoms with van der Waals surface area (Å²) in [5.74, 6) is 0. The summed E-state index contributed by atoms with van der Waals surface area (Å²) >= 11 is 1.70. The van der Waals surface area contributed by atoms with Gasteiger partial charge in [0, 0.05) is 0 Å². The van der Waals surface area contributed by atoms with Crippen LogP contribution in [0, 0.1) is 0 Å². The molecule has 1 aromatic rings. The third-order valence-electron chi connectivity index (χ3n) is 2.22. The van der Waals surface area contributed by atoms with Crippen molar-refractivity contribution in [2.75, 3.05) is 0 Å². The maximum atomic E-state index is 9.81. The zero-order chi connectivity index (χ0) is 11.3. The molecule has 0 bridgehead atoms. The van der Waals surface area contributed by atoms with Gasteiger partial charge in [0.05, 0.1) is 5.60 Å². The summed E-state index contributed by atoms with van der Waals surface area (Å²) in [6.07, 6.45) is 5.40. The van der Waals surface area contributed by atoms with Crippen molar-refractivity contribution in [2.45, 2.75) is 45.6 Å². The fraction of sp³-hybridized carbons (Fsp3) is 0.538. The summed E-state index contributed by atoms with van der Waals surface area (Å²) in [4.78, 5) is 0. The SMILES string of the molecule is CCCC/C(=C\C(C)(C)O)c1ccsc1. The normalized spacial score (nSPS) is 13.2. The second-order valence-corrected chi connectivity index (χ2v) is 5.22. The van der Waals surface area contributed by atoms with Crippen molar-refractivity contribution in [3.8, 4) is 0 Å². The van der Waals surface area contributed by atoms with Crippen molar-refractivity contribution in [1.29, 1.82) is 0 Å². The van der Waals surface area contributed by atoms with E-state index >= 15 is 0 Å². The minimum Gasteiger partial charge on any atom is -0.386 e. The molecule has 1 rings (SSSR count). The monoisotopic (exact) mass is 224 g/mol. The van der Waals surface area contributed by atoms with Gasteiger partial charge in [0.25, 0.3) is 0 Å². The first-order valence-corrected chi connectivity index (χ1v) is 6.44. The Labute approximate surface area is 96.5 Å². The van der Waals surface area contributed by atoms with E-state index in [9.17, 15) is 5.11 Å². The van der Waals surface area contributed by atoms with E-state index in [0.717, 1.165) is 6.42 Å². The van der Waals surface area contributed by atoms with Crippen LogP contribution < -0.4 is 0 Å². The number of rotatable bonds is 5. The lowest BCUT2D eigenvalue weighted by molar-refractivity contribution is 0.133. The molecule has 0 aliphatic heterocycles. The van der Waals surface area contributed by atoms with Gasteiger partial charge in [-0.05, 0) is 60.7 Å². The van der Waals surface area contributed by atoms with Crippen LogP contribution in [0.1, 0.15) is 45.6 Å². The number of hydrogen-bond donors (Lipinski definition) is 1. The molecule has 0 radical (unpaired) electrons. The van der Waals surface area contributed by atoms with E-state index in [-0.39, 0.29) is 0 Å². The largest absolute Gasteiger partial charge is 0.386 e. The first kappa shape index (κ1) is 12.5. The Hall–Kier alpha value is -0.600. The quantitative estimate of drug-likeness (QED) is 0.798. The third-order valence-corrected chi connectivity index (χ3v) is 2.90. The van der Waals surface area contributed by atoms with E-state index in [1.165, 1.54) is 24.0 Å². The van der Waals surface area contributed by atoms with Crippen molar-refractivity contribution >= 4 is 16.9 Å². The van der Waals surface area contributed by atoms with Crippen molar-refractivity contribution < 1.29 is 5.11 Å². The molecule has 0 saturated heterocycles. The van der Waals surface area contributed by atoms with Crippen LogP contribution in [0.25, 0.3) is 5.57 Å². The third kappa shape index (κ3) is 4.63. The highest BCUT2D eigenvalue weighted by Gasteiger charge is 2.11. The molecular weight excluding hydrogens is 204 g/mol. The van der Waals surface area contributed by atoms with Crippen LogP contribution in [0.4, 0.5) is 0 Å². The number of aliphatic hydroxyl groups is 1. The van der Waals surface area contributed by atoms with E-state index < -0.39 is 5.60 Å². The molecular formula is C13H20OS. The average molecular weight is 224 g/mol. The van der Waals surface area contributed by atoms with Crippen LogP contribution in [0.3, 0.4) is 0 Å². The molecule has 1 aromatic heterocycles. The first-order chi connectivity index (χ1) is 7.03. The fourth-order valence-electron chi connectivity index (χ4n) is 1.54. The second-order valence-electron chi connectivity index (χ2n) is 4.44. The number of unbranched alkanes of at least 4 members (excludes halogenated alkanes) is 1. The molecule has 0 unspecified atom stereocenters. The fourth-order valence-corrected chi connectivity index (χ4v) is 2.22. The van der Waals surface area contributed by atoms with Gasteiger partial charge in [0.2, 0.25) is 0 Å². The molecule has 84 valence electrons. The molecule has 0 spiro atoms. The van der Waals surface area contributed by atoms with Crippen molar-refractivity contribution in [1.82, 2.24) is 0 Å². The van der Waals surface area contributed by atoms with Crippen LogP contribution in [0.5, 0.6) is 0 Å². The summed E-state index contributed by atoms with van der Waals surface area (Å²) in [7, 11) is 0. The number of allylic oxidation sites excluding steroid dienone is 1. The Balaban J connectivity index is 2.84. The molecule has 0 atom stereocenters. The zero-order valence-corrected chi connectivity index (χ0v) is 10.6. The Morgan fingerprint density at radius 1 is 1.53 bits per heavy atom. The van der Waals surface area contributed by atoms with Crippen molar-refractivity contribution in [3.63, 3.8) is 0 Å². The summed E-state index contributed by atoms with van der Waals surface area (Å²) < 4.78 is 0. The molecule has 0 fully saturated rings. The lowest BCUT2D eigenvalue weighted by Gasteiger charge is -2.15. The van der Waals surface area contributed by atoms with Crippen LogP contribution in [-0.4, -0.2) is 10.7 Å². The highest BCUT2D eigenvalue weighted by atomic mass is 32.1. The Kier molecular flexibility index (Phi) is 4.55. The van der Waals surface area contributed by atoms with Gasteiger partial charge in [0.1, 0.15) is 0 Å². The molecule has 0 saturated carbocycles. The maximum absolute atomic E-state index is 9.81. The zero-order valence-electron chi connectivity index (χ0n) is 9.79. The van der Waals surface area contributed by atoms with Gasteiger partial charge in [-0.15, -0.1) is 0 Å². The predicted octanol–water partition coefficient (Wildman–Crippen LogP) is 4.09. The molecule has 15 heavy (non-hydrogen) atoms. The lowest BCUT2D eigenvalue weighted by Crippen LogP contribution is -2.14. The smallest absolute Gasteiger partial charge is 0.0777 e. The predicted molar refractivity (Wildman–Crippen MR) is 68.1 cm³/mol. The van der Waals surface area contributed by atoms with Gasteiger partial charge < -0.3 is 5.11 Å². The van der Waals surface area contributed by atoms with E-state index in [2.05, 4.69) is 23.8 Å². The van der Waals surface area contributed by atoms with Crippen molar-refractivity contribution in [2.24, 2.45) is 0 Å². The van der Waals surface area contributed by atoms with Gasteiger partial charge in [-0.3, -0.25) is 0 Å².